The van der Waals surface area contributed by atoms with Crippen LogP contribution in [0.5, 0.6) is 0 Å². The van der Waals surface area contributed by atoms with Crippen molar-refractivity contribution in [1.29, 1.82) is 0 Å². The molecule has 3 fully saturated rings. The quantitative estimate of drug-likeness (QED) is 0.782. The summed E-state index contributed by atoms with van der Waals surface area (Å²) in [6.07, 6.45) is 7.09. The molecule has 0 aromatic carbocycles. The van der Waals surface area contributed by atoms with Crippen LogP contribution in [0.15, 0.2) is 0 Å². The lowest BCUT2D eigenvalue weighted by atomic mass is 9.92. The molecule has 1 amide bonds. The minimum Gasteiger partial charge on any atom is -0.384 e. The van der Waals surface area contributed by atoms with Crippen molar-refractivity contribution in [2.75, 3.05) is 46.4 Å². The van der Waals surface area contributed by atoms with Gasteiger partial charge in [0.05, 0.1) is 6.61 Å². The van der Waals surface area contributed by atoms with Gasteiger partial charge in [-0.3, -0.25) is 4.79 Å². The molecule has 2 saturated heterocycles. The highest BCUT2D eigenvalue weighted by molar-refractivity contribution is 5.79. The fourth-order valence-electron chi connectivity index (χ4n) is 4.13. The molecule has 126 valence electrons. The first kappa shape index (κ1) is 16.3. The Labute approximate surface area is 135 Å². The van der Waals surface area contributed by atoms with Gasteiger partial charge in [-0.15, -0.1) is 0 Å². The molecule has 22 heavy (non-hydrogen) atoms. The number of rotatable bonds is 5. The van der Waals surface area contributed by atoms with E-state index < -0.39 is 0 Å². The number of hydrogen-bond acceptors (Lipinski definition) is 3. The highest BCUT2D eigenvalue weighted by Gasteiger charge is 2.44. The van der Waals surface area contributed by atoms with Crippen LogP contribution in [0.2, 0.25) is 0 Å². The van der Waals surface area contributed by atoms with Crippen LogP contribution in [-0.2, 0) is 9.53 Å². The second-order valence-corrected chi connectivity index (χ2v) is 7.99. The Kier molecular flexibility index (Phi) is 5.08. The van der Waals surface area contributed by atoms with Gasteiger partial charge in [-0.05, 0) is 57.5 Å². The average molecular weight is 308 g/mol. The van der Waals surface area contributed by atoms with Gasteiger partial charge in [0, 0.05) is 38.1 Å². The first-order chi connectivity index (χ1) is 10.6. The molecular weight excluding hydrogens is 276 g/mol. The van der Waals surface area contributed by atoms with Crippen molar-refractivity contribution in [3.8, 4) is 0 Å². The zero-order valence-corrected chi connectivity index (χ0v) is 14.4. The topological polar surface area (TPSA) is 32.8 Å². The maximum absolute atomic E-state index is 12.7. The largest absolute Gasteiger partial charge is 0.384 e. The van der Waals surface area contributed by atoms with E-state index in [2.05, 4.69) is 16.7 Å². The third kappa shape index (κ3) is 3.83. The van der Waals surface area contributed by atoms with E-state index in [0.29, 0.717) is 11.3 Å². The SMILES string of the molecule is COCC1(CN2CCC(C(=O)N3CCC(C)CC3)CC2)CC1. The highest BCUT2D eigenvalue weighted by Crippen LogP contribution is 2.46. The number of piperidine rings is 2. The van der Waals surface area contributed by atoms with Gasteiger partial charge >= 0.3 is 0 Å². The Hall–Kier alpha value is -0.610. The molecule has 0 N–H and O–H groups in total. The van der Waals surface area contributed by atoms with Crippen LogP contribution >= 0.6 is 0 Å². The summed E-state index contributed by atoms with van der Waals surface area (Å²) in [5, 5.41) is 0. The zero-order chi connectivity index (χ0) is 15.6. The standard InChI is InChI=1S/C18H32N2O2/c1-15-3-11-20(12-4-15)17(21)16-5-9-19(10-6-16)13-18(7-8-18)14-22-2/h15-16H,3-14H2,1-2H3. The van der Waals surface area contributed by atoms with E-state index in [1.165, 1.54) is 32.2 Å². The molecular formula is C18H32N2O2. The fourth-order valence-corrected chi connectivity index (χ4v) is 4.13. The maximum atomic E-state index is 12.7. The lowest BCUT2D eigenvalue weighted by Crippen LogP contribution is -2.46. The Bertz CT molecular complexity index is 379. The molecule has 0 aromatic heterocycles. The molecule has 2 aliphatic heterocycles. The minimum atomic E-state index is 0.280. The first-order valence-electron chi connectivity index (χ1n) is 9.12. The van der Waals surface area contributed by atoms with E-state index in [9.17, 15) is 4.79 Å². The third-order valence-electron chi connectivity index (χ3n) is 6.00. The molecule has 4 nitrogen and oxygen atoms in total. The summed E-state index contributed by atoms with van der Waals surface area (Å²) < 4.78 is 5.37. The second kappa shape index (κ2) is 6.88. The maximum Gasteiger partial charge on any atom is 0.225 e. The van der Waals surface area contributed by atoms with E-state index in [1.807, 2.05) is 7.11 Å². The van der Waals surface area contributed by atoms with E-state index in [-0.39, 0.29) is 5.92 Å². The summed E-state index contributed by atoms with van der Waals surface area (Å²) >= 11 is 0. The molecule has 0 aromatic rings. The summed E-state index contributed by atoms with van der Waals surface area (Å²) in [6, 6.07) is 0. The average Bonchev–Trinajstić information content (AvgIpc) is 3.28. The van der Waals surface area contributed by atoms with Crippen molar-refractivity contribution >= 4 is 5.91 Å². The molecule has 4 heteroatoms. The fraction of sp³-hybridized carbons (Fsp3) is 0.944. The van der Waals surface area contributed by atoms with Crippen LogP contribution in [0, 0.1) is 17.3 Å². The number of amides is 1. The number of hydrogen-bond donors (Lipinski definition) is 0. The number of carbonyl (C=O) groups is 1. The van der Waals surface area contributed by atoms with Crippen molar-refractivity contribution < 1.29 is 9.53 Å². The van der Waals surface area contributed by atoms with Gasteiger partial charge in [-0.25, -0.2) is 0 Å². The van der Waals surface area contributed by atoms with Crippen molar-refractivity contribution in [3.05, 3.63) is 0 Å². The van der Waals surface area contributed by atoms with Crippen LogP contribution in [0.1, 0.15) is 45.4 Å². The van der Waals surface area contributed by atoms with Gasteiger partial charge in [0.2, 0.25) is 5.91 Å². The third-order valence-corrected chi connectivity index (χ3v) is 6.00. The molecule has 0 spiro atoms. The summed E-state index contributed by atoms with van der Waals surface area (Å²) in [5.41, 5.74) is 0.439. The molecule has 0 bridgehead atoms. The molecule has 3 aliphatic rings. The highest BCUT2D eigenvalue weighted by atomic mass is 16.5. The van der Waals surface area contributed by atoms with E-state index >= 15 is 0 Å². The van der Waals surface area contributed by atoms with Crippen molar-refractivity contribution in [2.24, 2.45) is 17.3 Å². The van der Waals surface area contributed by atoms with Gasteiger partial charge in [0.15, 0.2) is 0 Å². The van der Waals surface area contributed by atoms with Gasteiger partial charge in [-0.1, -0.05) is 6.92 Å². The van der Waals surface area contributed by atoms with Crippen molar-refractivity contribution in [2.45, 2.75) is 45.4 Å². The molecule has 0 radical (unpaired) electrons. The number of methoxy groups -OCH3 is 1. The summed E-state index contributed by atoms with van der Waals surface area (Å²) in [4.78, 5) is 17.4. The predicted molar refractivity (Wildman–Crippen MR) is 87.7 cm³/mol. The van der Waals surface area contributed by atoms with Crippen LogP contribution in [0.25, 0.3) is 0 Å². The lowest BCUT2D eigenvalue weighted by Gasteiger charge is -2.37. The molecule has 0 unspecified atom stereocenters. The Morgan fingerprint density at radius 3 is 2.27 bits per heavy atom. The van der Waals surface area contributed by atoms with Gasteiger partial charge in [-0.2, -0.15) is 0 Å². The molecule has 1 saturated carbocycles. The zero-order valence-electron chi connectivity index (χ0n) is 14.4. The van der Waals surface area contributed by atoms with E-state index in [1.54, 1.807) is 0 Å². The van der Waals surface area contributed by atoms with E-state index in [0.717, 1.165) is 51.5 Å². The van der Waals surface area contributed by atoms with Crippen LogP contribution in [0.4, 0.5) is 0 Å². The second-order valence-electron chi connectivity index (χ2n) is 7.99. The molecule has 3 rings (SSSR count). The van der Waals surface area contributed by atoms with Gasteiger partial charge in [0.1, 0.15) is 0 Å². The number of carbonyl (C=O) groups excluding carboxylic acids is 1. The predicted octanol–water partition coefficient (Wildman–Crippen LogP) is 2.38. The first-order valence-corrected chi connectivity index (χ1v) is 9.12. The smallest absolute Gasteiger partial charge is 0.225 e. The summed E-state index contributed by atoms with van der Waals surface area (Å²) in [7, 11) is 1.81. The Morgan fingerprint density at radius 2 is 1.73 bits per heavy atom. The Balaban J connectivity index is 1.42. The summed E-state index contributed by atoms with van der Waals surface area (Å²) in [6.45, 7) is 8.52. The van der Waals surface area contributed by atoms with E-state index in [4.69, 9.17) is 4.74 Å². The number of likely N-dealkylation sites (tertiary alicyclic amines) is 2. The molecule has 2 heterocycles. The monoisotopic (exact) mass is 308 g/mol. The molecule has 0 atom stereocenters. The van der Waals surface area contributed by atoms with Crippen molar-refractivity contribution in [1.82, 2.24) is 9.80 Å². The molecule has 1 aliphatic carbocycles. The van der Waals surface area contributed by atoms with Gasteiger partial charge < -0.3 is 14.5 Å². The number of nitrogens with zero attached hydrogens (tertiary/aromatic N) is 2. The normalized spacial score (nSPS) is 27.1. The lowest BCUT2D eigenvalue weighted by molar-refractivity contribution is -0.138. The summed E-state index contributed by atoms with van der Waals surface area (Å²) in [5.74, 6) is 1.51. The van der Waals surface area contributed by atoms with Crippen LogP contribution in [0.3, 0.4) is 0 Å². The van der Waals surface area contributed by atoms with Crippen LogP contribution < -0.4 is 0 Å². The van der Waals surface area contributed by atoms with Crippen LogP contribution in [-0.4, -0.2) is 62.1 Å². The number of ether oxygens (including phenoxy) is 1. The van der Waals surface area contributed by atoms with Gasteiger partial charge in [0.25, 0.3) is 0 Å². The minimum absolute atomic E-state index is 0.280. The van der Waals surface area contributed by atoms with Crippen molar-refractivity contribution in [3.63, 3.8) is 0 Å². The Morgan fingerprint density at radius 1 is 1.09 bits per heavy atom.